The molecule has 0 fully saturated rings. The number of anilines is 1. The monoisotopic (exact) mass is 190 g/mol. The number of rotatable bonds is 4. The Kier molecular flexibility index (Phi) is 3.89. The molecule has 0 atom stereocenters. The summed E-state index contributed by atoms with van der Waals surface area (Å²) in [7, 11) is 1.96. The second-order valence-electron chi connectivity index (χ2n) is 3.20. The van der Waals surface area contributed by atoms with Crippen LogP contribution in [0.1, 0.15) is 12.1 Å². The van der Waals surface area contributed by atoms with Crippen molar-refractivity contribution in [1.29, 1.82) is 5.26 Å². The van der Waals surface area contributed by atoms with Gasteiger partial charge in [0, 0.05) is 19.5 Å². The van der Waals surface area contributed by atoms with Crippen LogP contribution in [-0.2, 0) is 6.54 Å². The highest BCUT2D eigenvalue weighted by Crippen LogP contribution is 2.03. The molecule has 0 aromatic carbocycles. The molecule has 0 bridgehead atoms. The van der Waals surface area contributed by atoms with E-state index in [4.69, 9.17) is 11.0 Å². The minimum absolute atomic E-state index is 0.538. The Morgan fingerprint density at radius 3 is 3.00 bits per heavy atom. The first-order chi connectivity index (χ1) is 6.72. The van der Waals surface area contributed by atoms with Crippen molar-refractivity contribution in [2.75, 3.05) is 19.3 Å². The van der Waals surface area contributed by atoms with Crippen molar-refractivity contribution < 1.29 is 0 Å². The first-order valence-corrected chi connectivity index (χ1v) is 4.49. The molecule has 1 heterocycles. The van der Waals surface area contributed by atoms with Crippen LogP contribution in [-0.4, -0.2) is 23.5 Å². The Bertz CT molecular complexity index is 329. The number of nitrogen functional groups attached to an aromatic ring is 1. The summed E-state index contributed by atoms with van der Waals surface area (Å²) in [5, 5.41) is 8.41. The number of nitrogens with zero attached hydrogens (tertiary/aromatic N) is 3. The Labute approximate surface area is 84.0 Å². The predicted octanol–water partition coefficient (Wildman–Crippen LogP) is 1.01. The Balaban J connectivity index is 2.48. The average molecular weight is 190 g/mol. The summed E-state index contributed by atoms with van der Waals surface area (Å²) in [6.45, 7) is 1.49. The number of hydrogen-bond donors (Lipinski definition) is 1. The lowest BCUT2D eigenvalue weighted by molar-refractivity contribution is 0.331. The van der Waals surface area contributed by atoms with Crippen molar-refractivity contribution in [1.82, 2.24) is 9.88 Å². The van der Waals surface area contributed by atoms with E-state index in [9.17, 15) is 0 Å². The molecule has 4 nitrogen and oxygen atoms in total. The fraction of sp³-hybridized carbons (Fsp3) is 0.400. The highest BCUT2D eigenvalue weighted by Gasteiger charge is 2.00. The summed E-state index contributed by atoms with van der Waals surface area (Å²) < 4.78 is 0. The average Bonchev–Trinajstić information content (AvgIpc) is 2.15. The van der Waals surface area contributed by atoms with E-state index in [0.29, 0.717) is 12.2 Å². The molecular formula is C10H14N4. The topological polar surface area (TPSA) is 65.9 Å². The van der Waals surface area contributed by atoms with E-state index in [1.807, 2.05) is 24.1 Å². The van der Waals surface area contributed by atoms with E-state index in [1.54, 1.807) is 6.07 Å². The summed E-state index contributed by atoms with van der Waals surface area (Å²) in [4.78, 5) is 6.22. The smallest absolute Gasteiger partial charge is 0.123 e. The molecule has 0 aliphatic carbocycles. The van der Waals surface area contributed by atoms with E-state index in [2.05, 4.69) is 11.1 Å². The van der Waals surface area contributed by atoms with E-state index in [1.165, 1.54) is 0 Å². The summed E-state index contributed by atoms with van der Waals surface area (Å²) in [5.41, 5.74) is 6.49. The number of pyridine rings is 1. The Morgan fingerprint density at radius 1 is 1.57 bits per heavy atom. The maximum Gasteiger partial charge on any atom is 0.123 e. The first-order valence-electron chi connectivity index (χ1n) is 4.49. The molecule has 1 aromatic heterocycles. The fourth-order valence-electron chi connectivity index (χ4n) is 1.18. The molecule has 1 aromatic rings. The molecular weight excluding hydrogens is 176 g/mol. The molecule has 0 unspecified atom stereocenters. The lowest BCUT2D eigenvalue weighted by Crippen LogP contribution is -2.19. The van der Waals surface area contributed by atoms with Gasteiger partial charge in [-0.05, 0) is 19.2 Å². The summed E-state index contributed by atoms with van der Waals surface area (Å²) >= 11 is 0. The Morgan fingerprint density at radius 2 is 2.36 bits per heavy atom. The molecule has 2 N–H and O–H groups in total. The van der Waals surface area contributed by atoms with Gasteiger partial charge in [-0.3, -0.25) is 4.90 Å². The van der Waals surface area contributed by atoms with E-state index in [0.717, 1.165) is 18.8 Å². The van der Waals surface area contributed by atoms with Crippen molar-refractivity contribution >= 4 is 5.82 Å². The number of hydrogen-bond acceptors (Lipinski definition) is 4. The van der Waals surface area contributed by atoms with Crippen LogP contribution < -0.4 is 5.73 Å². The number of aromatic nitrogens is 1. The van der Waals surface area contributed by atoms with Crippen molar-refractivity contribution in [2.24, 2.45) is 0 Å². The van der Waals surface area contributed by atoms with Crippen LogP contribution in [0.3, 0.4) is 0 Å². The zero-order valence-corrected chi connectivity index (χ0v) is 8.27. The van der Waals surface area contributed by atoms with Crippen molar-refractivity contribution in [3.8, 4) is 6.07 Å². The summed E-state index contributed by atoms with van der Waals surface area (Å²) in [6, 6.07) is 7.69. The third kappa shape index (κ3) is 3.42. The second-order valence-corrected chi connectivity index (χ2v) is 3.20. The molecule has 1 rings (SSSR count). The maximum absolute atomic E-state index is 8.41. The van der Waals surface area contributed by atoms with Gasteiger partial charge in [-0.15, -0.1) is 0 Å². The lowest BCUT2D eigenvalue weighted by atomic mass is 10.3. The molecule has 0 spiro atoms. The van der Waals surface area contributed by atoms with Gasteiger partial charge in [0.1, 0.15) is 5.82 Å². The van der Waals surface area contributed by atoms with Crippen molar-refractivity contribution in [3.05, 3.63) is 23.9 Å². The third-order valence-electron chi connectivity index (χ3n) is 1.87. The largest absolute Gasteiger partial charge is 0.384 e. The van der Waals surface area contributed by atoms with Crippen LogP contribution in [0.5, 0.6) is 0 Å². The van der Waals surface area contributed by atoms with Crippen LogP contribution in [0.2, 0.25) is 0 Å². The first kappa shape index (κ1) is 10.5. The Hall–Kier alpha value is -1.60. The van der Waals surface area contributed by atoms with Crippen LogP contribution >= 0.6 is 0 Å². The highest BCUT2D eigenvalue weighted by molar-refractivity contribution is 5.28. The van der Waals surface area contributed by atoms with Gasteiger partial charge >= 0.3 is 0 Å². The van der Waals surface area contributed by atoms with Crippen LogP contribution in [0.4, 0.5) is 5.82 Å². The zero-order chi connectivity index (χ0) is 10.4. The molecule has 14 heavy (non-hydrogen) atoms. The fourth-order valence-corrected chi connectivity index (χ4v) is 1.18. The highest BCUT2D eigenvalue weighted by atomic mass is 15.1. The van der Waals surface area contributed by atoms with Gasteiger partial charge in [0.05, 0.1) is 11.8 Å². The molecule has 74 valence electrons. The van der Waals surface area contributed by atoms with E-state index in [-0.39, 0.29) is 0 Å². The zero-order valence-electron chi connectivity index (χ0n) is 8.27. The third-order valence-corrected chi connectivity index (χ3v) is 1.87. The van der Waals surface area contributed by atoms with Gasteiger partial charge in [0.25, 0.3) is 0 Å². The summed E-state index contributed by atoms with van der Waals surface area (Å²) in [6.07, 6.45) is 0.540. The minimum Gasteiger partial charge on any atom is -0.384 e. The maximum atomic E-state index is 8.41. The van der Waals surface area contributed by atoms with Gasteiger partial charge in [-0.25, -0.2) is 4.98 Å². The standard InChI is InChI=1S/C10H14N4/c1-14(7-3-6-11)8-9-4-2-5-10(12)13-9/h2,4-5H,3,7-8H2,1H3,(H2,12,13). The number of nitriles is 1. The normalized spacial score (nSPS) is 10.1. The molecule has 0 radical (unpaired) electrons. The quantitative estimate of drug-likeness (QED) is 0.769. The molecule has 0 saturated carbocycles. The SMILES string of the molecule is CN(CCC#N)Cc1cccc(N)n1. The van der Waals surface area contributed by atoms with Crippen LogP contribution in [0, 0.1) is 11.3 Å². The lowest BCUT2D eigenvalue weighted by Gasteiger charge is -2.13. The second kappa shape index (κ2) is 5.20. The van der Waals surface area contributed by atoms with Crippen LogP contribution in [0.15, 0.2) is 18.2 Å². The number of nitrogens with two attached hydrogens (primary N) is 1. The van der Waals surface area contributed by atoms with Gasteiger partial charge in [0.15, 0.2) is 0 Å². The van der Waals surface area contributed by atoms with E-state index >= 15 is 0 Å². The van der Waals surface area contributed by atoms with Crippen LogP contribution in [0.25, 0.3) is 0 Å². The molecule has 0 aliphatic heterocycles. The minimum atomic E-state index is 0.538. The predicted molar refractivity (Wildman–Crippen MR) is 55.2 cm³/mol. The van der Waals surface area contributed by atoms with Gasteiger partial charge in [-0.2, -0.15) is 5.26 Å². The van der Waals surface area contributed by atoms with Gasteiger partial charge in [0.2, 0.25) is 0 Å². The van der Waals surface area contributed by atoms with Gasteiger partial charge in [-0.1, -0.05) is 6.07 Å². The molecule has 4 heteroatoms. The van der Waals surface area contributed by atoms with E-state index < -0.39 is 0 Å². The van der Waals surface area contributed by atoms with Gasteiger partial charge < -0.3 is 5.73 Å². The van der Waals surface area contributed by atoms with Crippen molar-refractivity contribution in [2.45, 2.75) is 13.0 Å². The van der Waals surface area contributed by atoms with Crippen molar-refractivity contribution in [3.63, 3.8) is 0 Å². The summed E-state index contributed by atoms with van der Waals surface area (Å²) in [5.74, 6) is 0.538. The molecule has 0 aliphatic rings. The molecule has 0 saturated heterocycles. The molecule has 0 amide bonds.